The van der Waals surface area contributed by atoms with E-state index in [-0.39, 0.29) is 29.9 Å². The van der Waals surface area contributed by atoms with E-state index in [4.69, 9.17) is 0 Å². The molecule has 1 spiro atoms. The molecule has 1 N–H and O–H groups in total. The topological polar surface area (TPSA) is 73.7 Å². The first kappa shape index (κ1) is 18.6. The second-order valence-corrected chi connectivity index (χ2v) is 9.62. The molecule has 144 valence electrons. The van der Waals surface area contributed by atoms with Gasteiger partial charge in [-0.1, -0.05) is 36.4 Å². The third kappa shape index (κ3) is 2.99. The number of nitrogens with zero attached hydrogens (tertiary/aromatic N) is 3. The predicted octanol–water partition coefficient (Wildman–Crippen LogP) is 1.45. The highest BCUT2D eigenvalue weighted by Gasteiger charge is 2.66. The molecule has 2 fully saturated rings. The molecule has 0 aliphatic carbocycles. The van der Waals surface area contributed by atoms with Crippen molar-refractivity contribution >= 4 is 10.0 Å². The van der Waals surface area contributed by atoms with Crippen LogP contribution < -0.4 is 0 Å². The summed E-state index contributed by atoms with van der Waals surface area (Å²) >= 11 is 0. The van der Waals surface area contributed by atoms with Crippen molar-refractivity contribution in [3.63, 3.8) is 0 Å². The lowest BCUT2D eigenvalue weighted by molar-refractivity contribution is -0.176. The first-order valence-corrected chi connectivity index (χ1v) is 10.9. The van der Waals surface area contributed by atoms with Gasteiger partial charge in [-0.25, -0.2) is 8.42 Å². The SMILES string of the molecule is CCS(=O)(=O)N1CC2(C1)[C@@H](c1ccccc1)[C@@H](CO)N2Cc1ccccn1. The fourth-order valence-electron chi connectivity index (χ4n) is 4.62. The van der Waals surface area contributed by atoms with Crippen LogP contribution in [0.1, 0.15) is 24.1 Å². The largest absolute Gasteiger partial charge is 0.395 e. The van der Waals surface area contributed by atoms with Crippen LogP contribution >= 0.6 is 0 Å². The molecule has 2 aliphatic rings. The quantitative estimate of drug-likeness (QED) is 0.812. The minimum Gasteiger partial charge on any atom is -0.395 e. The molecular weight excluding hydrogens is 362 g/mol. The van der Waals surface area contributed by atoms with Crippen LogP contribution in [0.3, 0.4) is 0 Å². The van der Waals surface area contributed by atoms with Gasteiger partial charge in [0, 0.05) is 37.8 Å². The second-order valence-electron chi connectivity index (χ2n) is 7.36. The van der Waals surface area contributed by atoms with Gasteiger partial charge in [0.15, 0.2) is 0 Å². The zero-order valence-electron chi connectivity index (χ0n) is 15.4. The fourth-order valence-corrected chi connectivity index (χ4v) is 5.83. The summed E-state index contributed by atoms with van der Waals surface area (Å²) in [5.41, 5.74) is 1.80. The maximum atomic E-state index is 12.3. The van der Waals surface area contributed by atoms with Gasteiger partial charge in [-0.05, 0) is 24.6 Å². The Morgan fingerprint density at radius 2 is 1.85 bits per heavy atom. The van der Waals surface area contributed by atoms with Crippen molar-refractivity contribution in [2.75, 3.05) is 25.4 Å². The van der Waals surface area contributed by atoms with Crippen molar-refractivity contribution < 1.29 is 13.5 Å². The molecule has 2 saturated heterocycles. The Morgan fingerprint density at radius 1 is 1.15 bits per heavy atom. The van der Waals surface area contributed by atoms with E-state index in [0.717, 1.165) is 11.3 Å². The Kier molecular flexibility index (Phi) is 4.80. The van der Waals surface area contributed by atoms with Crippen molar-refractivity contribution in [1.29, 1.82) is 0 Å². The molecule has 7 heteroatoms. The molecule has 4 rings (SSSR count). The van der Waals surface area contributed by atoms with Gasteiger partial charge < -0.3 is 5.11 Å². The number of aliphatic hydroxyl groups excluding tert-OH is 1. The lowest BCUT2D eigenvalue weighted by Crippen LogP contribution is -2.84. The number of pyridine rings is 1. The van der Waals surface area contributed by atoms with Crippen LogP contribution in [0.25, 0.3) is 0 Å². The Bertz CT molecular complexity index is 883. The number of benzene rings is 1. The van der Waals surface area contributed by atoms with E-state index < -0.39 is 10.0 Å². The van der Waals surface area contributed by atoms with Gasteiger partial charge in [0.2, 0.25) is 10.0 Å². The van der Waals surface area contributed by atoms with Crippen LogP contribution in [-0.4, -0.2) is 64.7 Å². The van der Waals surface area contributed by atoms with E-state index >= 15 is 0 Å². The molecule has 0 amide bonds. The molecule has 2 atom stereocenters. The Labute approximate surface area is 160 Å². The number of sulfonamides is 1. The van der Waals surface area contributed by atoms with Crippen molar-refractivity contribution in [3.05, 3.63) is 66.0 Å². The standard InChI is InChI=1S/C20H25N3O3S/c1-2-27(25,26)22-14-20(15-22)19(16-8-4-3-5-9-16)18(13-24)23(20)12-17-10-6-7-11-21-17/h3-11,18-19,24H,2,12-15H2,1H3/t18-,19+/m1/s1. The normalized spacial score (nSPS) is 25.1. The number of likely N-dealkylation sites (tertiary alicyclic amines) is 1. The van der Waals surface area contributed by atoms with Gasteiger partial charge in [-0.15, -0.1) is 0 Å². The highest BCUT2D eigenvalue weighted by Crippen LogP contribution is 2.54. The van der Waals surface area contributed by atoms with E-state index in [2.05, 4.69) is 22.0 Å². The molecular formula is C20H25N3O3S. The maximum absolute atomic E-state index is 12.3. The van der Waals surface area contributed by atoms with Gasteiger partial charge >= 0.3 is 0 Å². The minimum atomic E-state index is -3.21. The summed E-state index contributed by atoms with van der Waals surface area (Å²) in [5.74, 6) is 0.221. The lowest BCUT2D eigenvalue weighted by atomic mass is 9.61. The van der Waals surface area contributed by atoms with Crippen LogP contribution in [-0.2, 0) is 16.6 Å². The third-order valence-electron chi connectivity index (χ3n) is 6.00. The van der Waals surface area contributed by atoms with E-state index in [1.165, 1.54) is 0 Å². The molecule has 2 aliphatic heterocycles. The summed E-state index contributed by atoms with van der Waals surface area (Å²) in [5, 5.41) is 10.1. The van der Waals surface area contributed by atoms with E-state index in [0.29, 0.717) is 19.6 Å². The fraction of sp³-hybridized carbons (Fsp3) is 0.450. The number of aliphatic hydroxyl groups is 1. The first-order chi connectivity index (χ1) is 13.0. The molecule has 6 nitrogen and oxygen atoms in total. The Balaban J connectivity index is 1.66. The average Bonchev–Trinajstić information content (AvgIpc) is 2.65. The second kappa shape index (κ2) is 6.98. The van der Waals surface area contributed by atoms with E-state index in [1.54, 1.807) is 17.4 Å². The van der Waals surface area contributed by atoms with Crippen LogP contribution in [0.15, 0.2) is 54.7 Å². The van der Waals surface area contributed by atoms with Crippen LogP contribution in [0.5, 0.6) is 0 Å². The molecule has 0 saturated carbocycles. The van der Waals surface area contributed by atoms with Gasteiger partial charge in [0.05, 0.1) is 23.6 Å². The molecule has 0 bridgehead atoms. The van der Waals surface area contributed by atoms with Crippen LogP contribution in [0.4, 0.5) is 0 Å². The van der Waals surface area contributed by atoms with Crippen molar-refractivity contribution in [2.24, 2.45) is 0 Å². The molecule has 0 radical (unpaired) electrons. The van der Waals surface area contributed by atoms with Crippen molar-refractivity contribution in [3.8, 4) is 0 Å². The van der Waals surface area contributed by atoms with Gasteiger partial charge in [0.25, 0.3) is 0 Å². The number of hydrogen-bond acceptors (Lipinski definition) is 5. The maximum Gasteiger partial charge on any atom is 0.213 e. The monoisotopic (exact) mass is 387 g/mol. The molecule has 1 aromatic carbocycles. The summed E-state index contributed by atoms with van der Waals surface area (Å²) in [6.07, 6.45) is 1.76. The molecule has 3 heterocycles. The van der Waals surface area contributed by atoms with E-state index in [9.17, 15) is 13.5 Å². The Morgan fingerprint density at radius 3 is 2.44 bits per heavy atom. The summed E-state index contributed by atoms with van der Waals surface area (Å²) in [6.45, 7) is 3.25. The average molecular weight is 388 g/mol. The molecule has 0 unspecified atom stereocenters. The van der Waals surface area contributed by atoms with Gasteiger partial charge in [0.1, 0.15) is 0 Å². The minimum absolute atomic E-state index is 0.0364. The number of aromatic nitrogens is 1. The number of hydrogen-bond donors (Lipinski definition) is 1. The van der Waals surface area contributed by atoms with E-state index in [1.807, 2.05) is 36.4 Å². The predicted molar refractivity (Wildman–Crippen MR) is 104 cm³/mol. The lowest BCUT2D eigenvalue weighted by Gasteiger charge is -2.70. The van der Waals surface area contributed by atoms with Gasteiger partial charge in [-0.2, -0.15) is 4.31 Å². The van der Waals surface area contributed by atoms with Crippen LogP contribution in [0, 0.1) is 0 Å². The third-order valence-corrected chi connectivity index (χ3v) is 7.77. The summed E-state index contributed by atoms with van der Waals surface area (Å²) in [7, 11) is -3.21. The van der Waals surface area contributed by atoms with Crippen LogP contribution in [0.2, 0.25) is 0 Å². The van der Waals surface area contributed by atoms with Gasteiger partial charge in [-0.3, -0.25) is 9.88 Å². The highest BCUT2D eigenvalue weighted by atomic mass is 32.2. The molecule has 27 heavy (non-hydrogen) atoms. The summed E-state index contributed by atoms with van der Waals surface area (Å²) in [6, 6.07) is 15.9. The summed E-state index contributed by atoms with van der Waals surface area (Å²) in [4.78, 5) is 6.66. The smallest absolute Gasteiger partial charge is 0.213 e. The number of rotatable bonds is 6. The van der Waals surface area contributed by atoms with Crippen molar-refractivity contribution in [2.45, 2.75) is 31.0 Å². The summed E-state index contributed by atoms with van der Waals surface area (Å²) < 4.78 is 26.2. The highest BCUT2D eigenvalue weighted by molar-refractivity contribution is 7.89. The zero-order chi connectivity index (χ0) is 19.1. The Hall–Kier alpha value is -1.80. The molecule has 1 aromatic heterocycles. The molecule has 2 aromatic rings. The van der Waals surface area contributed by atoms with Crippen molar-refractivity contribution in [1.82, 2.24) is 14.2 Å². The zero-order valence-corrected chi connectivity index (χ0v) is 16.2. The first-order valence-electron chi connectivity index (χ1n) is 9.32.